The SMILES string of the molecule is CCC(=O)Nc1cccc(NC(C)c2nccs2)c1C. The first-order valence-electron chi connectivity index (χ1n) is 6.67. The van der Waals surface area contributed by atoms with Crippen molar-refractivity contribution >= 4 is 28.6 Å². The van der Waals surface area contributed by atoms with E-state index >= 15 is 0 Å². The van der Waals surface area contributed by atoms with Gasteiger partial charge >= 0.3 is 0 Å². The molecular weight excluding hydrogens is 270 g/mol. The highest BCUT2D eigenvalue weighted by Crippen LogP contribution is 2.27. The van der Waals surface area contributed by atoms with Crippen LogP contribution in [0, 0.1) is 6.92 Å². The Hall–Kier alpha value is -1.88. The molecule has 1 unspecified atom stereocenters. The molecule has 4 nitrogen and oxygen atoms in total. The molecule has 2 rings (SSSR count). The number of amides is 1. The third-order valence-electron chi connectivity index (χ3n) is 3.12. The molecule has 0 saturated carbocycles. The minimum atomic E-state index is 0.0261. The van der Waals surface area contributed by atoms with Crippen LogP contribution in [0.1, 0.15) is 36.9 Å². The summed E-state index contributed by atoms with van der Waals surface area (Å²) in [6.07, 6.45) is 2.29. The molecule has 1 atom stereocenters. The first-order valence-corrected chi connectivity index (χ1v) is 7.55. The van der Waals surface area contributed by atoms with Crippen LogP contribution >= 0.6 is 11.3 Å². The molecule has 0 aliphatic heterocycles. The lowest BCUT2D eigenvalue weighted by molar-refractivity contribution is -0.115. The highest BCUT2D eigenvalue weighted by Gasteiger charge is 2.11. The summed E-state index contributed by atoms with van der Waals surface area (Å²) in [5.74, 6) is 0.0261. The van der Waals surface area contributed by atoms with Gasteiger partial charge in [0.1, 0.15) is 5.01 Å². The monoisotopic (exact) mass is 289 g/mol. The molecule has 0 saturated heterocycles. The van der Waals surface area contributed by atoms with Crippen LogP contribution in [-0.2, 0) is 4.79 Å². The molecule has 0 spiro atoms. The molecule has 5 heteroatoms. The van der Waals surface area contributed by atoms with Gasteiger partial charge in [-0.15, -0.1) is 11.3 Å². The van der Waals surface area contributed by atoms with Gasteiger partial charge in [0, 0.05) is 29.4 Å². The van der Waals surface area contributed by atoms with Gasteiger partial charge in [-0.1, -0.05) is 13.0 Å². The van der Waals surface area contributed by atoms with E-state index in [1.807, 2.05) is 43.6 Å². The lowest BCUT2D eigenvalue weighted by Gasteiger charge is -2.17. The Kier molecular flexibility index (Phi) is 4.74. The number of carbonyl (C=O) groups excluding carboxylic acids is 1. The molecule has 0 aliphatic carbocycles. The predicted molar refractivity (Wildman–Crippen MR) is 84.3 cm³/mol. The lowest BCUT2D eigenvalue weighted by atomic mass is 10.1. The lowest BCUT2D eigenvalue weighted by Crippen LogP contribution is -2.12. The average molecular weight is 289 g/mol. The average Bonchev–Trinajstić information content (AvgIpc) is 2.97. The van der Waals surface area contributed by atoms with E-state index in [4.69, 9.17) is 0 Å². The third kappa shape index (κ3) is 3.36. The molecular formula is C15H19N3OS. The minimum Gasteiger partial charge on any atom is -0.376 e. The van der Waals surface area contributed by atoms with Crippen LogP contribution in [0.4, 0.5) is 11.4 Å². The number of hydrogen-bond acceptors (Lipinski definition) is 4. The highest BCUT2D eigenvalue weighted by atomic mass is 32.1. The van der Waals surface area contributed by atoms with Gasteiger partial charge in [-0.3, -0.25) is 4.79 Å². The molecule has 1 heterocycles. The Morgan fingerprint density at radius 3 is 2.80 bits per heavy atom. The van der Waals surface area contributed by atoms with Gasteiger partial charge in [0.25, 0.3) is 0 Å². The van der Waals surface area contributed by atoms with Crippen LogP contribution in [0.3, 0.4) is 0 Å². The Balaban J connectivity index is 2.16. The number of nitrogens with one attached hydrogen (secondary N) is 2. The maximum absolute atomic E-state index is 11.5. The normalized spacial score (nSPS) is 11.9. The predicted octanol–water partition coefficient (Wildman–Crippen LogP) is 3.97. The van der Waals surface area contributed by atoms with Gasteiger partial charge in [-0.05, 0) is 31.5 Å². The molecule has 2 aromatic rings. The summed E-state index contributed by atoms with van der Waals surface area (Å²) in [6, 6.07) is 6.02. The van der Waals surface area contributed by atoms with Crippen LogP contribution < -0.4 is 10.6 Å². The molecule has 1 aromatic carbocycles. The molecule has 20 heavy (non-hydrogen) atoms. The van der Waals surface area contributed by atoms with E-state index in [0.717, 1.165) is 21.9 Å². The number of nitrogens with zero attached hydrogens (tertiary/aromatic N) is 1. The van der Waals surface area contributed by atoms with Crippen molar-refractivity contribution in [3.63, 3.8) is 0 Å². The molecule has 0 aliphatic rings. The van der Waals surface area contributed by atoms with Crippen molar-refractivity contribution in [2.75, 3.05) is 10.6 Å². The Labute approximate surface area is 123 Å². The minimum absolute atomic E-state index is 0.0261. The molecule has 2 N–H and O–H groups in total. The topological polar surface area (TPSA) is 54.0 Å². The maximum atomic E-state index is 11.5. The third-order valence-corrected chi connectivity index (χ3v) is 4.08. The summed E-state index contributed by atoms with van der Waals surface area (Å²) in [6.45, 7) is 5.93. The fourth-order valence-electron chi connectivity index (χ4n) is 1.91. The first-order chi connectivity index (χ1) is 9.61. The zero-order valence-corrected chi connectivity index (χ0v) is 12.8. The van der Waals surface area contributed by atoms with Crippen LogP contribution in [0.25, 0.3) is 0 Å². The van der Waals surface area contributed by atoms with Crippen molar-refractivity contribution < 1.29 is 4.79 Å². The van der Waals surface area contributed by atoms with Crippen LogP contribution in [0.5, 0.6) is 0 Å². The van der Waals surface area contributed by atoms with E-state index in [-0.39, 0.29) is 11.9 Å². The number of thiazole rings is 1. The number of benzene rings is 1. The molecule has 1 amide bonds. The highest BCUT2D eigenvalue weighted by molar-refractivity contribution is 7.09. The zero-order chi connectivity index (χ0) is 14.5. The molecule has 106 valence electrons. The van der Waals surface area contributed by atoms with E-state index < -0.39 is 0 Å². The zero-order valence-electron chi connectivity index (χ0n) is 11.9. The maximum Gasteiger partial charge on any atom is 0.224 e. The van der Waals surface area contributed by atoms with Gasteiger partial charge in [0.05, 0.1) is 6.04 Å². The van der Waals surface area contributed by atoms with Gasteiger partial charge in [-0.2, -0.15) is 0 Å². The van der Waals surface area contributed by atoms with Crippen LogP contribution in [0.15, 0.2) is 29.8 Å². The summed E-state index contributed by atoms with van der Waals surface area (Å²) in [5.41, 5.74) is 2.91. The summed E-state index contributed by atoms with van der Waals surface area (Å²) in [5, 5.41) is 9.38. The van der Waals surface area contributed by atoms with Crippen molar-refractivity contribution in [1.29, 1.82) is 0 Å². The smallest absolute Gasteiger partial charge is 0.224 e. The van der Waals surface area contributed by atoms with E-state index in [1.165, 1.54) is 0 Å². The number of aromatic nitrogens is 1. The van der Waals surface area contributed by atoms with Crippen LogP contribution in [0.2, 0.25) is 0 Å². The second-order valence-electron chi connectivity index (χ2n) is 4.62. The quantitative estimate of drug-likeness (QED) is 0.875. The number of rotatable bonds is 5. The van der Waals surface area contributed by atoms with Crippen molar-refractivity contribution in [2.24, 2.45) is 0 Å². The molecule has 0 radical (unpaired) electrons. The first kappa shape index (κ1) is 14.5. The van der Waals surface area contributed by atoms with Crippen molar-refractivity contribution in [3.8, 4) is 0 Å². The second-order valence-corrected chi connectivity index (χ2v) is 5.54. The van der Waals surface area contributed by atoms with E-state index in [9.17, 15) is 4.79 Å². The Morgan fingerprint density at radius 1 is 1.40 bits per heavy atom. The summed E-state index contributed by atoms with van der Waals surface area (Å²) in [7, 11) is 0. The van der Waals surface area contributed by atoms with Gasteiger partial charge in [-0.25, -0.2) is 4.98 Å². The number of hydrogen-bond donors (Lipinski definition) is 2. The standard InChI is InChI=1S/C15H19N3OS/c1-4-14(19)18-13-7-5-6-12(10(13)2)17-11(3)15-16-8-9-20-15/h5-9,11,17H,4H2,1-3H3,(H,18,19). The summed E-state index contributed by atoms with van der Waals surface area (Å²) < 4.78 is 0. The van der Waals surface area contributed by atoms with Gasteiger partial charge in [0.2, 0.25) is 5.91 Å². The largest absolute Gasteiger partial charge is 0.376 e. The fraction of sp³-hybridized carbons (Fsp3) is 0.333. The number of anilines is 2. The Morgan fingerprint density at radius 2 is 2.15 bits per heavy atom. The van der Waals surface area contributed by atoms with Crippen molar-refractivity contribution in [1.82, 2.24) is 4.98 Å². The van der Waals surface area contributed by atoms with Gasteiger partial charge < -0.3 is 10.6 Å². The van der Waals surface area contributed by atoms with Crippen LogP contribution in [-0.4, -0.2) is 10.9 Å². The summed E-state index contributed by atoms with van der Waals surface area (Å²) in [4.78, 5) is 15.8. The molecule has 1 aromatic heterocycles. The molecule has 0 bridgehead atoms. The summed E-state index contributed by atoms with van der Waals surface area (Å²) >= 11 is 1.63. The Bertz CT molecular complexity index is 581. The van der Waals surface area contributed by atoms with Crippen molar-refractivity contribution in [3.05, 3.63) is 40.3 Å². The second kappa shape index (κ2) is 6.52. The van der Waals surface area contributed by atoms with Gasteiger partial charge in [0.15, 0.2) is 0 Å². The molecule has 0 fully saturated rings. The van der Waals surface area contributed by atoms with E-state index in [2.05, 4.69) is 22.5 Å². The van der Waals surface area contributed by atoms with E-state index in [0.29, 0.717) is 6.42 Å². The van der Waals surface area contributed by atoms with E-state index in [1.54, 1.807) is 11.3 Å². The fourth-order valence-corrected chi connectivity index (χ4v) is 2.56. The van der Waals surface area contributed by atoms with Crippen molar-refractivity contribution in [2.45, 2.75) is 33.2 Å². The number of carbonyl (C=O) groups is 1.